The van der Waals surface area contributed by atoms with Crippen molar-refractivity contribution >= 4 is 17.3 Å². The van der Waals surface area contributed by atoms with Crippen molar-refractivity contribution in [3.8, 4) is 0 Å². The third-order valence-electron chi connectivity index (χ3n) is 3.16. The second-order valence-corrected chi connectivity index (χ2v) is 5.06. The third kappa shape index (κ3) is 4.48. The van der Waals surface area contributed by atoms with E-state index in [-0.39, 0.29) is 17.3 Å². The second-order valence-electron chi connectivity index (χ2n) is 5.06. The van der Waals surface area contributed by atoms with Gasteiger partial charge in [0.05, 0.1) is 18.1 Å². The maximum absolute atomic E-state index is 11.3. The Labute approximate surface area is 128 Å². The highest BCUT2D eigenvalue weighted by Gasteiger charge is 2.23. The molecule has 0 aromatic carbocycles. The molecular weight excluding hydrogens is 290 g/mol. The molecule has 0 atom stereocenters. The minimum atomic E-state index is -0.483. The molecular formula is C12H21N7O3. The molecule has 1 aliphatic rings. The van der Waals surface area contributed by atoms with Gasteiger partial charge in [-0.3, -0.25) is 20.4 Å². The number of ether oxygens (including phenoxy) is 1. The number of morpholine rings is 1. The predicted octanol–water partition coefficient (Wildman–Crippen LogP) is 0.0174. The van der Waals surface area contributed by atoms with Crippen molar-refractivity contribution in [2.45, 2.75) is 0 Å². The van der Waals surface area contributed by atoms with Gasteiger partial charge < -0.3 is 10.1 Å². The molecule has 1 aliphatic heterocycles. The van der Waals surface area contributed by atoms with Crippen molar-refractivity contribution in [2.24, 2.45) is 0 Å². The van der Waals surface area contributed by atoms with Gasteiger partial charge in [-0.25, -0.2) is 15.0 Å². The van der Waals surface area contributed by atoms with E-state index in [1.54, 1.807) is 19.1 Å². The van der Waals surface area contributed by atoms with E-state index in [1.165, 1.54) is 6.33 Å². The average Bonchev–Trinajstić information content (AvgIpc) is 2.47. The Morgan fingerprint density at radius 1 is 1.36 bits per heavy atom. The smallest absolute Gasteiger partial charge is 0.354 e. The lowest BCUT2D eigenvalue weighted by Crippen LogP contribution is -2.39. The van der Waals surface area contributed by atoms with Gasteiger partial charge in [0, 0.05) is 40.3 Å². The quantitative estimate of drug-likeness (QED) is 0.532. The molecule has 2 heterocycles. The van der Waals surface area contributed by atoms with Gasteiger partial charge in [0.1, 0.15) is 6.33 Å². The van der Waals surface area contributed by atoms with Crippen molar-refractivity contribution in [1.29, 1.82) is 0 Å². The summed E-state index contributed by atoms with van der Waals surface area (Å²) in [7, 11) is 3.47. The average molecular weight is 311 g/mol. The van der Waals surface area contributed by atoms with Crippen LogP contribution in [0.4, 0.5) is 17.3 Å². The van der Waals surface area contributed by atoms with E-state index < -0.39 is 4.92 Å². The predicted molar refractivity (Wildman–Crippen MR) is 81.7 cm³/mol. The fourth-order valence-corrected chi connectivity index (χ4v) is 2.13. The maximum atomic E-state index is 11.3. The zero-order chi connectivity index (χ0) is 15.9. The van der Waals surface area contributed by atoms with Crippen LogP contribution in [0.15, 0.2) is 6.33 Å². The lowest BCUT2D eigenvalue weighted by atomic mass is 10.4. The molecule has 122 valence electrons. The molecule has 0 amide bonds. The number of rotatable bonds is 7. The van der Waals surface area contributed by atoms with Crippen molar-refractivity contribution in [2.75, 3.05) is 64.2 Å². The van der Waals surface area contributed by atoms with Crippen LogP contribution in [0.1, 0.15) is 0 Å². The number of nitro groups is 1. The zero-order valence-electron chi connectivity index (χ0n) is 12.8. The number of hydrogen-bond acceptors (Lipinski definition) is 9. The number of hydrogen-bond donors (Lipinski definition) is 2. The van der Waals surface area contributed by atoms with Gasteiger partial charge >= 0.3 is 5.69 Å². The number of aromatic nitrogens is 2. The van der Waals surface area contributed by atoms with Crippen LogP contribution in [-0.4, -0.2) is 78.3 Å². The molecule has 0 saturated carbocycles. The molecule has 1 aromatic heterocycles. The Bertz CT molecular complexity index is 505. The highest BCUT2D eigenvalue weighted by Crippen LogP contribution is 2.28. The molecule has 1 saturated heterocycles. The van der Waals surface area contributed by atoms with Crippen LogP contribution < -0.4 is 10.7 Å². The largest absolute Gasteiger partial charge is 0.379 e. The highest BCUT2D eigenvalue weighted by atomic mass is 16.6. The highest BCUT2D eigenvalue weighted by molar-refractivity contribution is 5.68. The Morgan fingerprint density at radius 3 is 2.68 bits per heavy atom. The summed E-state index contributed by atoms with van der Waals surface area (Å²) >= 11 is 0. The molecule has 0 unspecified atom stereocenters. The number of nitrogens with zero attached hydrogens (tertiary/aromatic N) is 5. The normalized spacial score (nSPS) is 15.8. The Kier molecular flexibility index (Phi) is 5.81. The summed E-state index contributed by atoms with van der Waals surface area (Å²) in [5.41, 5.74) is 2.65. The van der Waals surface area contributed by atoms with E-state index in [0.29, 0.717) is 6.54 Å². The molecule has 22 heavy (non-hydrogen) atoms. The van der Waals surface area contributed by atoms with Crippen LogP contribution in [0.2, 0.25) is 0 Å². The van der Waals surface area contributed by atoms with Crippen molar-refractivity contribution in [1.82, 2.24) is 19.9 Å². The Balaban J connectivity index is 2.01. The Hall–Kier alpha value is -2.04. The lowest BCUT2D eigenvalue weighted by molar-refractivity contribution is -0.383. The lowest BCUT2D eigenvalue weighted by Gasteiger charge is -2.26. The summed E-state index contributed by atoms with van der Waals surface area (Å²) in [5, 5.41) is 15.9. The third-order valence-corrected chi connectivity index (χ3v) is 3.16. The SMILES string of the molecule is CN(C)Nc1ncnc(NCCN2CCOCC2)c1[N+](=O)[O-]. The molecule has 2 rings (SSSR count). The van der Waals surface area contributed by atoms with E-state index in [0.717, 1.165) is 32.8 Å². The van der Waals surface area contributed by atoms with E-state index in [2.05, 4.69) is 25.6 Å². The van der Waals surface area contributed by atoms with Crippen LogP contribution in [0.3, 0.4) is 0 Å². The minimum absolute atomic E-state index is 0.154. The molecule has 0 radical (unpaired) electrons. The van der Waals surface area contributed by atoms with E-state index in [4.69, 9.17) is 4.74 Å². The Morgan fingerprint density at radius 2 is 2.05 bits per heavy atom. The van der Waals surface area contributed by atoms with Gasteiger partial charge in [-0.15, -0.1) is 0 Å². The van der Waals surface area contributed by atoms with Crippen LogP contribution in [0, 0.1) is 10.1 Å². The van der Waals surface area contributed by atoms with Crippen LogP contribution in [0.25, 0.3) is 0 Å². The molecule has 0 spiro atoms. The molecule has 0 aliphatic carbocycles. The van der Waals surface area contributed by atoms with E-state index >= 15 is 0 Å². The number of anilines is 2. The standard InChI is InChI=1S/C12H21N7O3/c1-17(2)16-12-10(19(20)21)11(14-9-15-12)13-3-4-18-5-7-22-8-6-18/h9H,3-8H2,1-2H3,(H2,13,14,15,16). The zero-order valence-corrected chi connectivity index (χ0v) is 12.8. The first kappa shape index (κ1) is 16.3. The van der Waals surface area contributed by atoms with Crippen molar-refractivity contribution in [3.63, 3.8) is 0 Å². The maximum Gasteiger partial charge on any atom is 0.354 e. The summed E-state index contributed by atoms with van der Waals surface area (Å²) in [6, 6.07) is 0. The van der Waals surface area contributed by atoms with Crippen LogP contribution in [0.5, 0.6) is 0 Å². The van der Waals surface area contributed by atoms with Crippen molar-refractivity contribution in [3.05, 3.63) is 16.4 Å². The van der Waals surface area contributed by atoms with Gasteiger partial charge in [0.15, 0.2) is 0 Å². The summed E-state index contributed by atoms with van der Waals surface area (Å²) < 4.78 is 5.28. The topological polar surface area (TPSA) is 109 Å². The molecule has 10 heteroatoms. The van der Waals surface area contributed by atoms with Gasteiger partial charge in [-0.2, -0.15) is 0 Å². The summed E-state index contributed by atoms with van der Waals surface area (Å²) in [6.45, 7) is 4.55. The van der Waals surface area contributed by atoms with Gasteiger partial charge in [0.25, 0.3) is 0 Å². The van der Waals surface area contributed by atoms with E-state index in [9.17, 15) is 10.1 Å². The van der Waals surface area contributed by atoms with Crippen LogP contribution in [-0.2, 0) is 4.74 Å². The molecule has 1 aromatic rings. The number of hydrazine groups is 1. The summed E-state index contributed by atoms with van der Waals surface area (Å²) in [6.07, 6.45) is 1.30. The van der Waals surface area contributed by atoms with E-state index in [1.807, 2.05) is 0 Å². The first-order chi connectivity index (χ1) is 10.6. The fraction of sp³-hybridized carbons (Fsp3) is 0.667. The number of nitrogens with one attached hydrogen (secondary N) is 2. The molecule has 2 N–H and O–H groups in total. The van der Waals surface area contributed by atoms with Gasteiger partial charge in [0.2, 0.25) is 11.6 Å². The minimum Gasteiger partial charge on any atom is -0.379 e. The van der Waals surface area contributed by atoms with Gasteiger partial charge in [-0.05, 0) is 0 Å². The first-order valence-corrected chi connectivity index (χ1v) is 7.05. The van der Waals surface area contributed by atoms with Crippen LogP contribution >= 0.6 is 0 Å². The summed E-state index contributed by atoms with van der Waals surface area (Å²) in [5.74, 6) is 0.386. The van der Waals surface area contributed by atoms with Gasteiger partial charge in [-0.1, -0.05) is 0 Å². The summed E-state index contributed by atoms with van der Waals surface area (Å²) in [4.78, 5) is 21.0. The van der Waals surface area contributed by atoms with Crippen molar-refractivity contribution < 1.29 is 9.66 Å². The molecule has 0 bridgehead atoms. The first-order valence-electron chi connectivity index (χ1n) is 7.05. The monoisotopic (exact) mass is 311 g/mol. The molecule has 1 fully saturated rings. The molecule has 10 nitrogen and oxygen atoms in total. The second kappa shape index (κ2) is 7.82. The fourth-order valence-electron chi connectivity index (χ4n) is 2.13.